The third-order valence-corrected chi connectivity index (χ3v) is 3.64. The Morgan fingerprint density at radius 1 is 1.28 bits per heavy atom. The van der Waals surface area contributed by atoms with Crippen molar-refractivity contribution < 1.29 is 13.9 Å². The summed E-state index contributed by atoms with van der Waals surface area (Å²) in [5, 5.41) is 7.16. The Hall–Kier alpha value is -2.93. The molecular weight excluding hydrogens is 320 g/mol. The number of amides is 1. The minimum absolute atomic E-state index is 0.101. The van der Waals surface area contributed by atoms with Gasteiger partial charge in [0.2, 0.25) is 5.82 Å². The molecule has 1 aromatic carbocycles. The molecule has 1 N–H and O–H groups in total. The molecular formula is C18H20N4O3. The quantitative estimate of drug-likeness (QED) is 0.669. The largest absolute Gasteiger partial charge is 0.461 e. The molecule has 7 heteroatoms. The molecule has 0 saturated carbocycles. The van der Waals surface area contributed by atoms with Gasteiger partial charge < -0.3 is 14.5 Å². The molecule has 1 amide bonds. The summed E-state index contributed by atoms with van der Waals surface area (Å²) < 4.78 is 12.0. The second-order valence-corrected chi connectivity index (χ2v) is 5.59. The van der Waals surface area contributed by atoms with Crippen molar-refractivity contribution in [3.8, 4) is 17.3 Å². The Labute approximate surface area is 145 Å². The van der Waals surface area contributed by atoms with E-state index in [1.165, 1.54) is 0 Å². The summed E-state index contributed by atoms with van der Waals surface area (Å²) in [7, 11) is 1.63. The lowest BCUT2D eigenvalue weighted by atomic mass is 10.2. The molecule has 3 rings (SSSR count). The average molecular weight is 340 g/mol. The van der Waals surface area contributed by atoms with E-state index in [2.05, 4.69) is 15.4 Å². The maximum absolute atomic E-state index is 12.3. The van der Waals surface area contributed by atoms with Crippen molar-refractivity contribution in [1.29, 1.82) is 0 Å². The molecule has 0 radical (unpaired) electrons. The highest BCUT2D eigenvalue weighted by Gasteiger charge is 2.19. The summed E-state index contributed by atoms with van der Waals surface area (Å²) >= 11 is 0. The number of hydrogen-bond acceptors (Lipinski definition) is 5. The van der Waals surface area contributed by atoms with E-state index < -0.39 is 0 Å². The topological polar surface area (TPSA) is 82.2 Å². The number of ether oxygens (including phenoxy) is 1. The smallest absolute Gasteiger partial charge is 0.290 e. The van der Waals surface area contributed by atoms with Gasteiger partial charge in [0, 0.05) is 20.3 Å². The summed E-state index contributed by atoms with van der Waals surface area (Å²) in [5.74, 6) is 0.807. The van der Waals surface area contributed by atoms with Crippen molar-refractivity contribution in [3.63, 3.8) is 0 Å². The summed E-state index contributed by atoms with van der Waals surface area (Å²) in [4.78, 5) is 16.7. The van der Waals surface area contributed by atoms with E-state index in [4.69, 9.17) is 9.15 Å². The first-order valence-corrected chi connectivity index (χ1v) is 8.04. The molecule has 0 aliphatic rings. The van der Waals surface area contributed by atoms with Crippen LogP contribution >= 0.6 is 0 Å². The number of rotatable bonds is 7. The van der Waals surface area contributed by atoms with Crippen molar-refractivity contribution in [2.24, 2.45) is 0 Å². The molecule has 2 aromatic heterocycles. The van der Waals surface area contributed by atoms with Gasteiger partial charge in [0.1, 0.15) is 0 Å². The number of nitrogens with zero attached hydrogens (tertiary/aromatic N) is 3. The molecule has 0 saturated heterocycles. The minimum Gasteiger partial charge on any atom is -0.461 e. The highest BCUT2D eigenvalue weighted by atomic mass is 16.5. The number of hydrogen-bond donors (Lipinski definition) is 1. The number of aromatic nitrogens is 3. The minimum atomic E-state index is -0.324. The molecule has 130 valence electrons. The molecule has 0 fully saturated rings. The van der Waals surface area contributed by atoms with Gasteiger partial charge in [0.05, 0.1) is 12.0 Å². The maximum Gasteiger partial charge on any atom is 0.290 e. The van der Waals surface area contributed by atoms with Crippen LogP contribution in [0.25, 0.3) is 17.3 Å². The zero-order valence-corrected chi connectivity index (χ0v) is 14.2. The van der Waals surface area contributed by atoms with Crippen molar-refractivity contribution in [2.45, 2.75) is 13.3 Å². The second kappa shape index (κ2) is 7.76. The molecule has 0 atom stereocenters. The zero-order valence-electron chi connectivity index (χ0n) is 14.2. The van der Waals surface area contributed by atoms with E-state index >= 15 is 0 Å². The number of nitrogens with one attached hydrogen (secondary N) is 1. The highest BCUT2D eigenvalue weighted by molar-refractivity contribution is 5.90. The molecule has 0 aliphatic heterocycles. The van der Waals surface area contributed by atoms with Crippen LogP contribution in [0, 0.1) is 6.92 Å². The predicted octanol–water partition coefficient (Wildman–Crippen LogP) is 2.60. The zero-order chi connectivity index (χ0) is 17.6. The van der Waals surface area contributed by atoms with Gasteiger partial charge in [-0.15, -0.1) is 5.10 Å². The van der Waals surface area contributed by atoms with Crippen LogP contribution in [0.2, 0.25) is 0 Å². The Balaban J connectivity index is 1.89. The molecule has 0 bridgehead atoms. The van der Waals surface area contributed by atoms with Crippen LogP contribution in [0.5, 0.6) is 0 Å². The van der Waals surface area contributed by atoms with Crippen LogP contribution in [0.15, 0.2) is 47.1 Å². The first kappa shape index (κ1) is 16.9. The fourth-order valence-electron chi connectivity index (χ4n) is 2.34. The lowest BCUT2D eigenvalue weighted by Gasteiger charge is -2.04. The molecule has 0 aliphatic carbocycles. The van der Waals surface area contributed by atoms with Crippen LogP contribution in [0.3, 0.4) is 0 Å². The Bertz CT molecular complexity index is 823. The second-order valence-electron chi connectivity index (χ2n) is 5.59. The van der Waals surface area contributed by atoms with Crippen LogP contribution in [-0.2, 0) is 4.74 Å². The van der Waals surface area contributed by atoms with E-state index in [1.807, 2.05) is 31.2 Å². The van der Waals surface area contributed by atoms with E-state index in [-0.39, 0.29) is 11.7 Å². The molecule has 0 unspecified atom stereocenters. The fraction of sp³-hybridized carbons (Fsp3) is 0.278. The summed E-state index contributed by atoms with van der Waals surface area (Å²) in [6, 6.07) is 11.4. The van der Waals surface area contributed by atoms with Gasteiger partial charge in [-0.25, -0.2) is 4.68 Å². The van der Waals surface area contributed by atoms with Gasteiger partial charge in [-0.1, -0.05) is 17.7 Å². The number of carbonyl (C=O) groups is 1. The van der Waals surface area contributed by atoms with Crippen molar-refractivity contribution in [2.75, 3.05) is 20.3 Å². The highest BCUT2D eigenvalue weighted by Crippen LogP contribution is 2.22. The molecule has 25 heavy (non-hydrogen) atoms. The Morgan fingerprint density at radius 2 is 2.08 bits per heavy atom. The molecule has 2 heterocycles. The van der Waals surface area contributed by atoms with Gasteiger partial charge in [-0.3, -0.25) is 4.79 Å². The lowest BCUT2D eigenvalue weighted by Crippen LogP contribution is -2.26. The predicted molar refractivity (Wildman–Crippen MR) is 92.6 cm³/mol. The molecule has 7 nitrogen and oxygen atoms in total. The number of methoxy groups -OCH3 is 1. The monoisotopic (exact) mass is 340 g/mol. The summed E-state index contributed by atoms with van der Waals surface area (Å²) in [5.41, 5.74) is 1.95. The average Bonchev–Trinajstić information content (AvgIpc) is 3.28. The maximum atomic E-state index is 12.3. The normalized spacial score (nSPS) is 10.8. The van der Waals surface area contributed by atoms with Crippen LogP contribution in [-0.4, -0.2) is 40.9 Å². The standard InChI is InChI=1S/C18H20N4O3/c1-13-6-8-14(9-7-13)22-17(15-5-3-12-25-15)20-16(21-22)18(23)19-10-4-11-24-2/h3,5-9,12H,4,10-11H2,1-2H3,(H,19,23). The Morgan fingerprint density at radius 3 is 2.76 bits per heavy atom. The lowest BCUT2D eigenvalue weighted by molar-refractivity contribution is 0.0938. The van der Waals surface area contributed by atoms with E-state index in [9.17, 15) is 4.79 Å². The van der Waals surface area contributed by atoms with Gasteiger partial charge in [0.15, 0.2) is 11.6 Å². The van der Waals surface area contributed by atoms with Crippen molar-refractivity contribution in [3.05, 3.63) is 54.0 Å². The Kier molecular flexibility index (Phi) is 5.25. The third kappa shape index (κ3) is 3.95. The van der Waals surface area contributed by atoms with Crippen LogP contribution in [0.1, 0.15) is 22.6 Å². The third-order valence-electron chi connectivity index (χ3n) is 3.64. The number of benzene rings is 1. The van der Waals surface area contributed by atoms with Crippen LogP contribution < -0.4 is 5.32 Å². The first-order valence-electron chi connectivity index (χ1n) is 8.04. The molecule has 3 aromatic rings. The summed E-state index contributed by atoms with van der Waals surface area (Å²) in [6.45, 7) is 3.10. The van der Waals surface area contributed by atoms with Gasteiger partial charge in [-0.05, 0) is 37.6 Å². The summed E-state index contributed by atoms with van der Waals surface area (Å²) in [6.07, 6.45) is 2.29. The van der Waals surface area contributed by atoms with E-state index in [0.717, 1.165) is 17.7 Å². The van der Waals surface area contributed by atoms with Crippen molar-refractivity contribution in [1.82, 2.24) is 20.1 Å². The first-order chi connectivity index (χ1) is 12.2. The van der Waals surface area contributed by atoms with Crippen molar-refractivity contribution >= 4 is 5.91 Å². The fourth-order valence-corrected chi connectivity index (χ4v) is 2.34. The van der Waals surface area contributed by atoms with Gasteiger partial charge >= 0.3 is 0 Å². The number of carbonyl (C=O) groups excluding carboxylic acids is 1. The molecule has 0 spiro atoms. The van der Waals surface area contributed by atoms with E-state index in [0.29, 0.717) is 24.7 Å². The number of furan rings is 1. The van der Waals surface area contributed by atoms with E-state index in [1.54, 1.807) is 30.2 Å². The van der Waals surface area contributed by atoms with Gasteiger partial charge in [-0.2, -0.15) is 4.98 Å². The SMILES string of the molecule is COCCCNC(=O)c1nc(-c2ccco2)n(-c2ccc(C)cc2)n1. The van der Waals surface area contributed by atoms with Gasteiger partial charge in [0.25, 0.3) is 5.91 Å². The number of aryl methyl sites for hydroxylation is 1. The van der Waals surface area contributed by atoms with Crippen LogP contribution in [0.4, 0.5) is 0 Å².